The van der Waals surface area contributed by atoms with E-state index in [1.807, 2.05) is 66.7 Å². The number of nitrogens with one attached hydrogen (secondary N) is 1. The van der Waals surface area contributed by atoms with Gasteiger partial charge in [-0.2, -0.15) is 10.4 Å². The van der Waals surface area contributed by atoms with Gasteiger partial charge >= 0.3 is 5.97 Å². The Kier molecular flexibility index (Phi) is 5.20. The molecular weight excluding hydrogens is 328 g/mol. The van der Waals surface area contributed by atoms with E-state index < -0.39 is 5.97 Å². The second-order valence-electron chi connectivity index (χ2n) is 5.32. The van der Waals surface area contributed by atoms with Crippen LogP contribution in [0.4, 0.5) is 0 Å². The predicted octanol–water partition coefficient (Wildman–Crippen LogP) is 2.78. The molecule has 1 aliphatic heterocycles. The van der Waals surface area contributed by atoms with Crippen molar-refractivity contribution in [1.29, 1.82) is 5.26 Å². The molecule has 0 unspecified atom stereocenters. The number of carbonyl (C=O) groups excluding carboxylic acids is 1. The zero-order chi connectivity index (χ0) is 18.4. The first-order valence-electron chi connectivity index (χ1n) is 8.09. The number of rotatable bonds is 4. The summed E-state index contributed by atoms with van der Waals surface area (Å²) in [7, 11) is 0. The lowest BCUT2D eigenvalue weighted by atomic mass is 9.99. The summed E-state index contributed by atoms with van der Waals surface area (Å²) >= 11 is 0. The smallest absolute Gasteiger partial charge is 0.352 e. The van der Waals surface area contributed by atoms with E-state index in [4.69, 9.17) is 4.74 Å². The fourth-order valence-corrected chi connectivity index (χ4v) is 2.46. The summed E-state index contributed by atoms with van der Waals surface area (Å²) in [5.74, 6) is -0.656. The minimum absolute atomic E-state index is 0.0736. The van der Waals surface area contributed by atoms with Crippen molar-refractivity contribution in [3.8, 4) is 6.07 Å². The molecule has 2 aromatic carbocycles. The molecular formula is C20H16N4O2. The van der Waals surface area contributed by atoms with Crippen LogP contribution in [0.2, 0.25) is 0 Å². The van der Waals surface area contributed by atoms with Gasteiger partial charge in [-0.25, -0.2) is 9.79 Å². The SMILES string of the molecule is CCOC(=O)/C(C#N)=C1/N=C(c2ccccc2)C(c2ccccc2)=NN1. The third-order valence-corrected chi connectivity index (χ3v) is 3.64. The van der Waals surface area contributed by atoms with Crippen molar-refractivity contribution in [3.63, 3.8) is 0 Å². The first-order chi connectivity index (χ1) is 12.7. The van der Waals surface area contributed by atoms with Crippen LogP contribution in [-0.4, -0.2) is 24.0 Å². The van der Waals surface area contributed by atoms with Crippen LogP contribution >= 0.6 is 0 Å². The van der Waals surface area contributed by atoms with Gasteiger partial charge in [0.05, 0.1) is 6.61 Å². The van der Waals surface area contributed by atoms with Gasteiger partial charge in [-0.05, 0) is 6.92 Å². The highest BCUT2D eigenvalue weighted by atomic mass is 16.5. The average molecular weight is 344 g/mol. The highest BCUT2D eigenvalue weighted by molar-refractivity contribution is 6.54. The molecule has 1 heterocycles. The quantitative estimate of drug-likeness (QED) is 0.525. The standard InChI is InChI=1S/C20H16N4O2/c1-2-26-20(25)16(13-21)19-22-17(14-9-5-3-6-10-14)18(23-24-19)15-11-7-4-8-12-15/h3-12,24H,2H2,1H3/b19-16-. The summed E-state index contributed by atoms with van der Waals surface area (Å²) in [6.45, 7) is 1.85. The van der Waals surface area contributed by atoms with Gasteiger partial charge in [0.2, 0.25) is 0 Å². The molecule has 6 nitrogen and oxygen atoms in total. The molecule has 0 aromatic heterocycles. The number of aliphatic imine (C=N–C) groups is 1. The van der Waals surface area contributed by atoms with E-state index in [2.05, 4.69) is 15.5 Å². The van der Waals surface area contributed by atoms with Gasteiger partial charge < -0.3 is 4.74 Å². The molecule has 0 fully saturated rings. The molecule has 1 aliphatic rings. The summed E-state index contributed by atoms with van der Waals surface area (Å²) in [4.78, 5) is 16.5. The summed E-state index contributed by atoms with van der Waals surface area (Å²) in [6, 6.07) is 20.9. The Morgan fingerprint density at radius 2 is 1.62 bits per heavy atom. The van der Waals surface area contributed by atoms with Crippen LogP contribution in [-0.2, 0) is 9.53 Å². The number of benzene rings is 2. The lowest BCUT2D eigenvalue weighted by Crippen LogP contribution is -2.28. The van der Waals surface area contributed by atoms with Gasteiger partial charge in [0.1, 0.15) is 17.5 Å². The molecule has 1 N–H and O–H groups in total. The Balaban J connectivity index is 2.12. The third-order valence-electron chi connectivity index (χ3n) is 3.64. The Morgan fingerprint density at radius 3 is 2.15 bits per heavy atom. The maximum absolute atomic E-state index is 12.0. The van der Waals surface area contributed by atoms with Gasteiger partial charge in [0.15, 0.2) is 11.4 Å². The highest BCUT2D eigenvalue weighted by Crippen LogP contribution is 2.17. The summed E-state index contributed by atoms with van der Waals surface area (Å²) < 4.78 is 4.92. The van der Waals surface area contributed by atoms with E-state index in [-0.39, 0.29) is 18.0 Å². The van der Waals surface area contributed by atoms with E-state index >= 15 is 0 Å². The molecule has 2 aromatic rings. The molecule has 0 radical (unpaired) electrons. The maximum atomic E-state index is 12.0. The van der Waals surface area contributed by atoms with Crippen LogP contribution in [0.15, 0.2) is 82.2 Å². The number of esters is 1. The molecule has 128 valence electrons. The number of nitriles is 1. The lowest BCUT2D eigenvalue weighted by Gasteiger charge is -2.17. The molecule has 26 heavy (non-hydrogen) atoms. The van der Waals surface area contributed by atoms with Gasteiger partial charge in [-0.3, -0.25) is 5.43 Å². The van der Waals surface area contributed by atoms with E-state index in [1.165, 1.54) is 0 Å². The van der Waals surface area contributed by atoms with Gasteiger partial charge in [0, 0.05) is 11.1 Å². The highest BCUT2D eigenvalue weighted by Gasteiger charge is 2.23. The molecule has 0 atom stereocenters. The Hall–Kier alpha value is -3.72. The Labute approximate surface area is 151 Å². The minimum atomic E-state index is -0.730. The van der Waals surface area contributed by atoms with E-state index in [1.54, 1.807) is 6.92 Å². The van der Waals surface area contributed by atoms with Gasteiger partial charge in [0.25, 0.3) is 0 Å². The largest absolute Gasteiger partial charge is 0.462 e. The lowest BCUT2D eigenvalue weighted by molar-refractivity contribution is -0.138. The maximum Gasteiger partial charge on any atom is 0.352 e. The summed E-state index contributed by atoms with van der Waals surface area (Å²) in [6.07, 6.45) is 0. The van der Waals surface area contributed by atoms with Crippen LogP contribution in [0, 0.1) is 11.3 Å². The second kappa shape index (κ2) is 7.90. The fourth-order valence-electron chi connectivity index (χ4n) is 2.46. The number of hydrazone groups is 1. The normalized spacial score (nSPS) is 15.1. The van der Waals surface area contributed by atoms with Crippen molar-refractivity contribution >= 4 is 17.4 Å². The van der Waals surface area contributed by atoms with Crippen molar-refractivity contribution in [3.05, 3.63) is 83.2 Å². The first-order valence-corrected chi connectivity index (χ1v) is 8.09. The molecule has 0 spiro atoms. The zero-order valence-electron chi connectivity index (χ0n) is 14.1. The molecule has 0 saturated carbocycles. The van der Waals surface area contributed by atoms with Crippen molar-refractivity contribution in [2.75, 3.05) is 6.61 Å². The van der Waals surface area contributed by atoms with Crippen LogP contribution in [0.3, 0.4) is 0 Å². The van der Waals surface area contributed by atoms with Crippen LogP contribution < -0.4 is 5.43 Å². The van der Waals surface area contributed by atoms with Gasteiger partial charge in [-0.1, -0.05) is 60.7 Å². The van der Waals surface area contributed by atoms with Crippen LogP contribution in [0.25, 0.3) is 0 Å². The number of nitrogens with zero attached hydrogens (tertiary/aromatic N) is 3. The molecule has 0 amide bonds. The number of hydrogen-bond donors (Lipinski definition) is 1. The molecule has 0 aliphatic carbocycles. The fraction of sp³-hybridized carbons (Fsp3) is 0.100. The minimum Gasteiger partial charge on any atom is -0.462 e. The molecule has 0 saturated heterocycles. The average Bonchev–Trinajstić information content (AvgIpc) is 2.70. The van der Waals surface area contributed by atoms with Crippen LogP contribution in [0.5, 0.6) is 0 Å². The van der Waals surface area contributed by atoms with Crippen LogP contribution in [0.1, 0.15) is 18.1 Å². The number of hydrogen-bond acceptors (Lipinski definition) is 6. The zero-order valence-corrected chi connectivity index (χ0v) is 14.1. The Bertz CT molecular complexity index is 939. The van der Waals surface area contributed by atoms with Crippen molar-refractivity contribution in [2.45, 2.75) is 6.92 Å². The monoisotopic (exact) mass is 344 g/mol. The van der Waals surface area contributed by atoms with E-state index in [0.29, 0.717) is 11.4 Å². The second-order valence-corrected chi connectivity index (χ2v) is 5.32. The molecule has 6 heteroatoms. The number of ether oxygens (including phenoxy) is 1. The van der Waals surface area contributed by atoms with E-state index in [0.717, 1.165) is 11.1 Å². The Morgan fingerprint density at radius 1 is 1.04 bits per heavy atom. The van der Waals surface area contributed by atoms with E-state index in [9.17, 15) is 10.1 Å². The molecule has 0 bridgehead atoms. The van der Waals surface area contributed by atoms with Crippen molar-refractivity contribution in [2.24, 2.45) is 10.1 Å². The van der Waals surface area contributed by atoms with Gasteiger partial charge in [-0.15, -0.1) is 0 Å². The van der Waals surface area contributed by atoms with Crippen molar-refractivity contribution < 1.29 is 9.53 Å². The third kappa shape index (κ3) is 3.52. The topological polar surface area (TPSA) is 86.8 Å². The van der Waals surface area contributed by atoms with Crippen molar-refractivity contribution in [1.82, 2.24) is 5.43 Å². The number of carbonyl (C=O) groups is 1. The summed E-state index contributed by atoms with van der Waals surface area (Å²) in [5, 5.41) is 13.7. The summed E-state index contributed by atoms with van der Waals surface area (Å²) in [5.41, 5.74) is 5.40. The predicted molar refractivity (Wildman–Crippen MR) is 98.4 cm³/mol. The first kappa shape index (κ1) is 17.1. The molecule has 3 rings (SSSR count).